The van der Waals surface area contributed by atoms with Crippen molar-refractivity contribution in [3.8, 4) is 0 Å². The van der Waals surface area contributed by atoms with Gasteiger partial charge in [-0.1, -0.05) is 13.8 Å². The Morgan fingerprint density at radius 2 is 1.65 bits per heavy atom. The predicted octanol–water partition coefficient (Wildman–Crippen LogP) is 2.00. The highest BCUT2D eigenvalue weighted by atomic mass is 16.3. The lowest BCUT2D eigenvalue weighted by Gasteiger charge is -2.33. The van der Waals surface area contributed by atoms with E-state index >= 15 is 0 Å². The summed E-state index contributed by atoms with van der Waals surface area (Å²) in [5, 5.41) is 13.7. The van der Waals surface area contributed by atoms with E-state index in [0.29, 0.717) is 0 Å². The Morgan fingerprint density at radius 3 is 2.18 bits per heavy atom. The van der Waals surface area contributed by atoms with Gasteiger partial charge in [-0.2, -0.15) is 0 Å². The maximum atomic E-state index is 10.4. The van der Waals surface area contributed by atoms with Crippen molar-refractivity contribution in [1.82, 2.24) is 10.2 Å². The Balaban J connectivity index is 2.19. The minimum Gasteiger partial charge on any atom is -0.390 e. The molecule has 0 aromatic rings. The van der Waals surface area contributed by atoms with Crippen LogP contribution >= 0.6 is 0 Å². The topological polar surface area (TPSA) is 35.5 Å². The van der Waals surface area contributed by atoms with Crippen LogP contribution in [0.1, 0.15) is 52.4 Å². The third-order valence-corrected chi connectivity index (χ3v) is 3.73. The summed E-state index contributed by atoms with van der Waals surface area (Å²) >= 11 is 0. The zero-order valence-electron chi connectivity index (χ0n) is 11.7. The van der Waals surface area contributed by atoms with Crippen molar-refractivity contribution in [2.24, 2.45) is 0 Å². The van der Waals surface area contributed by atoms with Crippen LogP contribution in [0.5, 0.6) is 0 Å². The van der Waals surface area contributed by atoms with Crippen LogP contribution in [0.4, 0.5) is 0 Å². The van der Waals surface area contributed by atoms with E-state index in [1.165, 1.54) is 25.9 Å². The van der Waals surface area contributed by atoms with Crippen molar-refractivity contribution in [2.45, 2.75) is 58.0 Å². The molecule has 1 fully saturated rings. The molecular formula is C14H30N2O. The predicted molar refractivity (Wildman–Crippen MR) is 73.3 cm³/mol. The summed E-state index contributed by atoms with van der Waals surface area (Å²) in [4.78, 5) is 2.53. The lowest BCUT2D eigenvalue weighted by molar-refractivity contribution is -0.00124. The normalized spacial score (nSPS) is 19.8. The van der Waals surface area contributed by atoms with Crippen LogP contribution in [0, 0.1) is 0 Å². The largest absolute Gasteiger partial charge is 0.390 e. The summed E-state index contributed by atoms with van der Waals surface area (Å²) in [6.07, 6.45) is 6.42. The van der Waals surface area contributed by atoms with Gasteiger partial charge < -0.3 is 15.3 Å². The quantitative estimate of drug-likeness (QED) is 0.683. The van der Waals surface area contributed by atoms with Gasteiger partial charge in [0.2, 0.25) is 0 Å². The molecule has 0 amide bonds. The first-order valence-corrected chi connectivity index (χ1v) is 7.35. The summed E-state index contributed by atoms with van der Waals surface area (Å²) in [5.41, 5.74) is -0.380. The summed E-state index contributed by atoms with van der Waals surface area (Å²) < 4.78 is 0. The summed E-state index contributed by atoms with van der Waals surface area (Å²) in [7, 11) is 0. The lowest BCUT2D eigenvalue weighted by atomic mass is 9.88. The number of nitrogens with one attached hydrogen (secondary N) is 1. The average Bonchev–Trinajstić information content (AvgIpc) is 2.30. The first-order chi connectivity index (χ1) is 8.20. The highest BCUT2D eigenvalue weighted by Crippen LogP contribution is 2.23. The first kappa shape index (κ1) is 14.9. The molecule has 0 aromatic carbocycles. The summed E-state index contributed by atoms with van der Waals surface area (Å²) in [6, 6.07) is 0. The summed E-state index contributed by atoms with van der Waals surface area (Å²) in [5.74, 6) is 0. The number of hydrogen-bond acceptors (Lipinski definition) is 3. The van der Waals surface area contributed by atoms with Gasteiger partial charge in [0.1, 0.15) is 0 Å². The standard InChI is InChI=1S/C14H30N2O/c1-3-11-16(12-4-2)13-5-6-14(17)7-9-15-10-8-14/h15,17H,3-13H2,1-2H3. The second-order valence-corrected chi connectivity index (χ2v) is 5.42. The van der Waals surface area contributed by atoms with Gasteiger partial charge in [0.15, 0.2) is 0 Å². The Bertz CT molecular complexity index is 185. The number of nitrogens with zero attached hydrogens (tertiary/aromatic N) is 1. The van der Waals surface area contributed by atoms with Crippen LogP contribution in [0.3, 0.4) is 0 Å². The molecule has 0 unspecified atom stereocenters. The first-order valence-electron chi connectivity index (χ1n) is 7.35. The van der Waals surface area contributed by atoms with E-state index in [4.69, 9.17) is 0 Å². The molecule has 0 saturated carbocycles. The molecule has 3 heteroatoms. The molecule has 1 rings (SSSR count). The molecule has 0 atom stereocenters. The molecule has 1 aliphatic rings. The van der Waals surface area contributed by atoms with Crippen molar-refractivity contribution in [3.05, 3.63) is 0 Å². The molecule has 1 aliphatic heterocycles. The van der Waals surface area contributed by atoms with Crippen molar-refractivity contribution in [2.75, 3.05) is 32.7 Å². The van der Waals surface area contributed by atoms with E-state index in [1.807, 2.05) is 0 Å². The Labute approximate surface area is 107 Å². The van der Waals surface area contributed by atoms with Crippen molar-refractivity contribution in [3.63, 3.8) is 0 Å². The van der Waals surface area contributed by atoms with Gasteiger partial charge >= 0.3 is 0 Å². The number of piperidine rings is 1. The molecule has 0 bridgehead atoms. The molecule has 17 heavy (non-hydrogen) atoms. The van der Waals surface area contributed by atoms with Crippen LogP contribution in [0.15, 0.2) is 0 Å². The third kappa shape index (κ3) is 5.84. The van der Waals surface area contributed by atoms with Crippen LogP contribution in [0.2, 0.25) is 0 Å². The highest BCUT2D eigenvalue weighted by Gasteiger charge is 2.28. The fourth-order valence-corrected chi connectivity index (χ4v) is 2.74. The minimum atomic E-state index is -0.380. The van der Waals surface area contributed by atoms with Gasteiger partial charge in [-0.05, 0) is 71.2 Å². The van der Waals surface area contributed by atoms with Crippen molar-refractivity contribution < 1.29 is 5.11 Å². The van der Waals surface area contributed by atoms with Crippen LogP contribution in [0.25, 0.3) is 0 Å². The highest BCUT2D eigenvalue weighted by molar-refractivity contribution is 4.84. The summed E-state index contributed by atoms with van der Waals surface area (Å²) in [6.45, 7) is 9.99. The van der Waals surface area contributed by atoms with Crippen molar-refractivity contribution >= 4 is 0 Å². The Hall–Kier alpha value is -0.120. The van der Waals surface area contributed by atoms with Gasteiger partial charge in [0, 0.05) is 0 Å². The van der Waals surface area contributed by atoms with Crippen LogP contribution in [-0.2, 0) is 0 Å². The molecule has 1 saturated heterocycles. The van der Waals surface area contributed by atoms with Crippen LogP contribution < -0.4 is 5.32 Å². The van der Waals surface area contributed by atoms with E-state index in [0.717, 1.165) is 45.3 Å². The maximum absolute atomic E-state index is 10.4. The zero-order valence-corrected chi connectivity index (χ0v) is 11.7. The minimum absolute atomic E-state index is 0.380. The smallest absolute Gasteiger partial charge is 0.0672 e. The molecule has 2 N–H and O–H groups in total. The Kier molecular flexibility index (Phi) is 7.09. The van der Waals surface area contributed by atoms with E-state index < -0.39 is 0 Å². The van der Waals surface area contributed by atoms with Crippen molar-refractivity contribution in [1.29, 1.82) is 0 Å². The van der Waals surface area contributed by atoms with E-state index in [-0.39, 0.29) is 5.60 Å². The second-order valence-electron chi connectivity index (χ2n) is 5.42. The second kappa shape index (κ2) is 8.06. The molecule has 102 valence electrons. The number of hydrogen-bond donors (Lipinski definition) is 2. The van der Waals surface area contributed by atoms with E-state index in [1.54, 1.807) is 0 Å². The fraction of sp³-hybridized carbons (Fsp3) is 1.00. The van der Waals surface area contributed by atoms with Gasteiger partial charge in [-0.25, -0.2) is 0 Å². The zero-order chi connectivity index (χ0) is 12.6. The maximum Gasteiger partial charge on any atom is 0.0672 e. The molecule has 0 radical (unpaired) electrons. The number of rotatable bonds is 8. The lowest BCUT2D eigenvalue weighted by Crippen LogP contribution is -2.42. The molecular weight excluding hydrogens is 212 g/mol. The molecule has 0 aliphatic carbocycles. The van der Waals surface area contributed by atoms with Crippen LogP contribution in [-0.4, -0.2) is 48.3 Å². The molecule has 0 spiro atoms. The average molecular weight is 242 g/mol. The molecule has 1 heterocycles. The van der Waals surface area contributed by atoms with Gasteiger partial charge in [-0.15, -0.1) is 0 Å². The van der Waals surface area contributed by atoms with Gasteiger partial charge in [0.05, 0.1) is 5.60 Å². The monoisotopic (exact) mass is 242 g/mol. The van der Waals surface area contributed by atoms with Gasteiger partial charge in [0.25, 0.3) is 0 Å². The fourth-order valence-electron chi connectivity index (χ4n) is 2.74. The SMILES string of the molecule is CCCN(CCC)CCCC1(O)CCNCC1. The Morgan fingerprint density at radius 1 is 1.06 bits per heavy atom. The van der Waals surface area contributed by atoms with E-state index in [9.17, 15) is 5.11 Å². The molecule has 3 nitrogen and oxygen atoms in total. The third-order valence-electron chi connectivity index (χ3n) is 3.73. The molecule has 0 aromatic heterocycles. The number of aliphatic hydroxyl groups is 1. The van der Waals surface area contributed by atoms with Gasteiger partial charge in [-0.3, -0.25) is 0 Å². The van der Waals surface area contributed by atoms with E-state index in [2.05, 4.69) is 24.1 Å².